The van der Waals surface area contributed by atoms with E-state index < -0.39 is 0 Å². The minimum Gasteiger partial charge on any atom is -0.311 e. The van der Waals surface area contributed by atoms with Gasteiger partial charge in [-0.1, -0.05) is 183 Å². The number of nitrogens with zero attached hydrogens (tertiary/aromatic N) is 4. The summed E-state index contributed by atoms with van der Waals surface area (Å²) in [5, 5.41) is 5.08. The number of rotatable bonds is 4. The Morgan fingerprint density at radius 1 is 0.359 bits per heavy atom. The van der Waals surface area contributed by atoms with Crippen LogP contribution in [-0.2, 0) is 27.1 Å². The van der Waals surface area contributed by atoms with E-state index in [1.165, 1.54) is 122 Å². The fourth-order valence-electron chi connectivity index (χ4n) is 13.0. The van der Waals surface area contributed by atoms with E-state index >= 15 is 0 Å². The SMILES string of the molecule is Cc1cc2c3c(c1)N1c4c(cc(C(C)(C)C)cc4-n4c5ccc(C(C)(C)C)cc5c5cc(C(C)(C)C)cc1c54)B3c1ccc(N(c3ccc(C(C)(C)C)cc3)c3ccc(C(C)(C)C)cc3)cc1N2c1cccc2ccccc12. The van der Waals surface area contributed by atoms with Gasteiger partial charge in [-0.3, -0.25) is 0 Å². The van der Waals surface area contributed by atoms with Crippen LogP contribution >= 0.6 is 0 Å². The first-order valence-electron chi connectivity index (χ1n) is 28.5. The highest BCUT2D eigenvalue weighted by Crippen LogP contribution is 2.55. The van der Waals surface area contributed by atoms with E-state index in [0.717, 1.165) is 17.1 Å². The summed E-state index contributed by atoms with van der Waals surface area (Å²) in [6.07, 6.45) is 0. The largest absolute Gasteiger partial charge is 0.311 e. The number of aryl methyl sites for hydroxylation is 1. The summed E-state index contributed by atoms with van der Waals surface area (Å²) < 4.78 is 2.65. The molecule has 0 unspecified atom stereocenters. The van der Waals surface area contributed by atoms with Crippen molar-refractivity contribution < 1.29 is 0 Å². The third kappa shape index (κ3) is 7.69. The zero-order chi connectivity index (χ0) is 54.9. The first kappa shape index (κ1) is 50.0. The number of benzene rings is 9. The summed E-state index contributed by atoms with van der Waals surface area (Å²) in [5.74, 6) is 0. The second-order valence-electron chi connectivity index (χ2n) is 28.1. The van der Waals surface area contributed by atoms with Crippen LogP contribution in [0.15, 0.2) is 164 Å². The molecular weight excluding hydrogens is 944 g/mol. The maximum absolute atomic E-state index is 2.70. The molecule has 10 aromatic rings. The molecule has 0 atom stereocenters. The van der Waals surface area contributed by atoms with E-state index in [-0.39, 0.29) is 33.8 Å². The minimum absolute atomic E-state index is 0.00393. The lowest BCUT2D eigenvalue weighted by Gasteiger charge is -2.47. The van der Waals surface area contributed by atoms with Gasteiger partial charge in [-0.25, -0.2) is 0 Å². The summed E-state index contributed by atoms with van der Waals surface area (Å²) in [5.41, 5.74) is 26.3. The Balaban J connectivity index is 1.15. The molecule has 0 saturated carbocycles. The van der Waals surface area contributed by atoms with Crippen molar-refractivity contribution in [2.75, 3.05) is 14.7 Å². The van der Waals surface area contributed by atoms with Crippen LogP contribution in [0, 0.1) is 6.92 Å². The normalized spacial score (nSPS) is 14.1. The average Bonchev–Trinajstić information content (AvgIpc) is 3.73. The van der Waals surface area contributed by atoms with Gasteiger partial charge >= 0.3 is 0 Å². The van der Waals surface area contributed by atoms with Crippen molar-refractivity contribution in [3.8, 4) is 5.69 Å². The molecule has 9 aromatic carbocycles. The molecule has 0 saturated heterocycles. The van der Waals surface area contributed by atoms with Gasteiger partial charge in [0.15, 0.2) is 0 Å². The fraction of sp³-hybridized carbons (Fsp3) is 0.288. The lowest BCUT2D eigenvalue weighted by atomic mass is 9.33. The van der Waals surface area contributed by atoms with Crippen LogP contribution in [-0.4, -0.2) is 11.3 Å². The number of fused-ring (bicyclic) bond motifs is 10. The standard InChI is InChI=1S/C73H75BN4/c1-44-36-62-66-63(37-44)78-64-41-49(72(11,12)13)39-56-55-38-48(71(8,9)10)28-35-60(55)77(67(56)64)65-42-50(73(14,15)16)40-58(68(65)78)74(66)57-34-33-53(43-61(57)76(62)59-23-19-21-45-20-17-18-22-54(45)59)75(51-29-24-46(25-30-51)69(2,3)4)52-31-26-47(27-32-52)70(5,6)7/h17-43H,1-16H3. The van der Waals surface area contributed by atoms with E-state index in [2.05, 4.69) is 294 Å². The quantitative estimate of drug-likeness (QED) is 0.163. The molecule has 1 aromatic heterocycles. The molecule has 0 spiro atoms. The van der Waals surface area contributed by atoms with E-state index in [1.54, 1.807) is 0 Å². The molecule has 78 heavy (non-hydrogen) atoms. The smallest absolute Gasteiger partial charge is 0.252 e. The maximum Gasteiger partial charge on any atom is 0.252 e. The second kappa shape index (κ2) is 16.8. The molecule has 0 bridgehead atoms. The van der Waals surface area contributed by atoms with Crippen LogP contribution in [0.25, 0.3) is 38.3 Å². The van der Waals surface area contributed by atoms with E-state index in [0.29, 0.717) is 0 Å². The summed E-state index contributed by atoms with van der Waals surface area (Å²) in [7, 11) is 0. The van der Waals surface area contributed by atoms with Crippen LogP contribution in [0.2, 0.25) is 0 Å². The number of hydrogen-bond donors (Lipinski definition) is 0. The minimum atomic E-state index is -0.132. The highest BCUT2D eigenvalue weighted by molar-refractivity contribution is 7.00. The summed E-state index contributed by atoms with van der Waals surface area (Å²) in [4.78, 5) is 7.80. The molecule has 3 aliphatic heterocycles. The van der Waals surface area contributed by atoms with Crippen LogP contribution < -0.4 is 31.1 Å². The van der Waals surface area contributed by atoms with E-state index in [4.69, 9.17) is 0 Å². The van der Waals surface area contributed by atoms with Crippen molar-refractivity contribution in [2.45, 2.75) is 138 Å². The lowest BCUT2D eigenvalue weighted by molar-refractivity contribution is 0.590. The molecule has 0 amide bonds. The zero-order valence-corrected chi connectivity index (χ0v) is 49.0. The predicted molar refractivity (Wildman–Crippen MR) is 339 cm³/mol. The molecule has 5 heteroatoms. The van der Waals surface area contributed by atoms with Crippen molar-refractivity contribution >= 4 is 107 Å². The summed E-state index contributed by atoms with van der Waals surface area (Å²) in [6, 6.07) is 64.2. The summed E-state index contributed by atoms with van der Waals surface area (Å²) in [6.45, 7) is 37.3. The first-order valence-corrected chi connectivity index (χ1v) is 28.5. The lowest BCUT2D eigenvalue weighted by Crippen LogP contribution is -2.62. The Hall–Kier alpha value is -7.50. The van der Waals surface area contributed by atoms with Gasteiger partial charge in [-0.2, -0.15) is 0 Å². The summed E-state index contributed by atoms with van der Waals surface area (Å²) >= 11 is 0. The van der Waals surface area contributed by atoms with Crippen molar-refractivity contribution in [1.82, 2.24) is 4.57 Å². The van der Waals surface area contributed by atoms with Crippen molar-refractivity contribution in [2.24, 2.45) is 0 Å². The van der Waals surface area contributed by atoms with Crippen LogP contribution in [0.4, 0.5) is 51.2 Å². The third-order valence-corrected chi connectivity index (χ3v) is 17.4. The van der Waals surface area contributed by atoms with Gasteiger partial charge in [0.25, 0.3) is 6.71 Å². The molecule has 0 N–H and O–H groups in total. The third-order valence-electron chi connectivity index (χ3n) is 17.4. The molecule has 13 rings (SSSR count). The molecule has 390 valence electrons. The van der Waals surface area contributed by atoms with E-state index in [1.807, 2.05) is 0 Å². The molecule has 0 aliphatic carbocycles. The van der Waals surface area contributed by atoms with Crippen LogP contribution in [0.1, 0.15) is 137 Å². The van der Waals surface area contributed by atoms with Gasteiger partial charge in [0, 0.05) is 50.3 Å². The highest BCUT2D eigenvalue weighted by Gasteiger charge is 2.47. The Bertz CT molecular complexity index is 4060. The first-order chi connectivity index (χ1) is 36.8. The highest BCUT2D eigenvalue weighted by atomic mass is 15.2. The van der Waals surface area contributed by atoms with Crippen LogP contribution in [0.3, 0.4) is 0 Å². The zero-order valence-electron chi connectivity index (χ0n) is 49.0. The number of anilines is 9. The van der Waals surface area contributed by atoms with Gasteiger partial charge in [-0.15, -0.1) is 0 Å². The van der Waals surface area contributed by atoms with Gasteiger partial charge < -0.3 is 19.3 Å². The number of aromatic nitrogens is 1. The van der Waals surface area contributed by atoms with Crippen molar-refractivity contribution in [3.63, 3.8) is 0 Å². The maximum atomic E-state index is 2.70. The Labute approximate surface area is 464 Å². The Morgan fingerprint density at radius 3 is 1.50 bits per heavy atom. The van der Waals surface area contributed by atoms with Gasteiger partial charge in [-0.05, 0) is 174 Å². The molecule has 3 aliphatic rings. The molecule has 0 fully saturated rings. The average molecular weight is 1020 g/mol. The van der Waals surface area contributed by atoms with E-state index in [9.17, 15) is 0 Å². The van der Waals surface area contributed by atoms with Gasteiger partial charge in [0.2, 0.25) is 0 Å². The van der Waals surface area contributed by atoms with Gasteiger partial charge in [0.1, 0.15) is 0 Å². The molecular formula is C73H75BN4. The molecule has 4 heterocycles. The fourth-order valence-corrected chi connectivity index (χ4v) is 13.0. The molecule has 4 nitrogen and oxygen atoms in total. The Morgan fingerprint density at radius 2 is 0.885 bits per heavy atom. The second-order valence-corrected chi connectivity index (χ2v) is 28.1. The van der Waals surface area contributed by atoms with Crippen molar-refractivity contribution in [3.05, 3.63) is 197 Å². The predicted octanol–water partition coefficient (Wildman–Crippen LogP) is 18.6. The topological polar surface area (TPSA) is 14.7 Å². The van der Waals surface area contributed by atoms with Gasteiger partial charge in [0.05, 0.1) is 33.8 Å². The van der Waals surface area contributed by atoms with Crippen molar-refractivity contribution in [1.29, 1.82) is 0 Å². The van der Waals surface area contributed by atoms with Crippen LogP contribution in [0.5, 0.6) is 0 Å². The molecule has 0 radical (unpaired) electrons. The monoisotopic (exact) mass is 1020 g/mol. The Kier molecular flexibility index (Phi) is 10.8. The number of hydrogen-bond acceptors (Lipinski definition) is 3.